The summed E-state index contributed by atoms with van der Waals surface area (Å²) in [5.41, 5.74) is 3.46. The van der Waals surface area contributed by atoms with Gasteiger partial charge in [0.05, 0.1) is 44.3 Å². The van der Waals surface area contributed by atoms with Gasteiger partial charge in [-0.1, -0.05) is 42.5 Å². The molecule has 1 atom stereocenters. The van der Waals surface area contributed by atoms with Crippen molar-refractivity contribution in [2.45, 2.75) is 57.2 Å². The fourth-order valence-electron chi connectivity index (χ4n) is 7.83. The summed E-state index contributed by atoms with van der Waals surface area (Å²) in [5, 5.41) is 0. The van der Waals surface area contributed by atoms with Gasteiger partial charge in [0.1, 0.15) is 11.5 Å². The van der Waals surface area contributed by atoms with E-state index in [0.29, 0.717) is 42.9 Å². The number of likely N-dealkylation sites (tertiary alicyclic amines) is 2. The maximum atomic E-state index is 14.5. The Labute approximate surface area is 293 Å². The highest BCUT2D eigenvalue weighted by Gasteiger charge is 2.48. The summed E-state index contributed by atoms with van der Waals surface area (Å²) in [7, 11) is 4.82. The standard InChI is InChI=1S/C40H47N5O5/c1-28-14-15-32(50-28)27-45(39-41-33-12-8-9-13-34(33)42-39)31-16-20-43(21-17-31)22-18-40(30-10-6-5-7-11-30)19-23-44(38(40)46)26-29-24-35(47-2)37(49-4)36(25-29)48-3/h5-15,24-25,31H,16-23,26-27H2,1-4H3,(H,41,42). The van der Waals surface area contributed by atoms with Crippen molar-refractivity contribution in [3.05, 3.63) is 102 Å². The number of benzene rings is 3. The van der Waals surface area contributed by atoms with Gasteiger partial charge in [0.25, 0.3) is 0 Å². The number of H-pyrrole nitrogens is 1. The molecule has 2 aromatic heterocycles. The zero-order valence-corrected chi connectivity index (χ0v) is 29.5. The highest BCUT2D eigenvalue weighted by Crippen LogP contribution is 2.42. The molecule has 1 N–H and O–H groups in total. The van der Waals surface area contributed by atoms with E-state index in [1.807, 2.05) is 66.4 Å². The van der Waals surface area contributed by atoms with Crippen LogP contribution in [0.2, 0.25) is 0 Å². The molecule has 10 heteroatoms. The molecule has 0 spiro atoms. The van der Waals surface area contributed by atoms with E-state index in [-0.39, 0.29) is 5.91 Å². The van der Waals surface area contributed by atoms with E-state index in [1.54, 1.807) is 21.3 Å². The second kappa shape index (κ2) is 14.5. The van der Waals surface area contributed by atoms with Crippen molar-refractivity contribution in [2.75, 3.05) is 52.4 Å². The minimum Gasteiger partial charge on any atom is -0.493 e. The topological polar surface area (TPSA) is 96.3 Å². The first-order chi connectivity index (χ1) is 24.4. The number of aromatic amines is 1. The van der Waals surface area contributed by atoms with Gasteiger partial charge in [-0.15, -0.1) is 0 Å². The Hall–Kier alpha value is -4.96. The number of aromatic nitrogens is 2. The Balaban J connectivity index is 1.05. The van der Waals surface area contributed by atoms with Crippen LogP contribution in [0.25, 0.3) is 11.0 Å². The number of hydrogen-bond donors (Lipinski definition) is 1. The minimum atomic E-state index is -0.573. The maximum Gasteiger partial charge on any atom is 0.233 e. The van der Waals surface area contributed by atoms with E-state index in [2.05, 4.69) is 39.0 Å². The number of ether oxygens (including phenoxy) is 3. The number of methoxy groups -OCH3 is 3. The first kappa shape index (κ1) is 33.5. The van der Waals surface area contributed by atoms with Crippen LogP contribution in [0.1, 0.15) is 48.3 Å². The number of furan rings is 1. The second-order valence-corrected chi connectivity index (χ2v) is 13.5. The number of carbonyl (C=O) groups is 1. The number of imidazole rings is 1. The zero-order chi connectivity index (χ0) is 34.7. The van der Waals surface area contributed by atoms with Crippen LogP contribution in [-0.2, 0) is 23.3 Å². The van der Waals surface area contributed by atoms with Gasteiger partial charge in [0.2, 0.25) is 17.6 Å². The van der Waals surface area contributed by atoms with Gasteiger partial charge in [-0.25, -0.2) is 4.98 Å². The lowest BCUT2D eigenvalue weighted by Gasteiger charge is -2.39. The van der Waals surface area contributed by atoms with Crippen LogP contribution in [0.15, 0.2) is 83.3 Å². The Bertz CT molecular complexity index is 1860. The van der Waals surface area contributed by atoms with Crippen molar-refractivity contribution in [1.29, 1.82) is 0 Å². The van der Waals surface area contributed by atoms with Crippen LogP contribution in [0.5, 0.6) is 17.2 Å². The third kappa shape index (κ3) is 6.64. The zero-order valence-electron chi connectivity index (χ0n) is 29.5. The largest absolute Gasteiger partial charge is 0.493 e. The van der Waals surface area contributed by atoms with Crippen LogP contribution in [0, 0.1) is 6.92 Å². The lowest BCUT2D eigenvalue weighted by Crippen LogP contribution is -2.47. The molecule has 262 valence electrons. The lowest BCUT2D eigenvalue weighted by molar-refractivity contribution is -0.133. The van der Waals surface area contributed by atoms with E-state index in [0.717, 1.165) is 84.9 Å². The quantitative estimate of drug-likeness (QED) is 0.147. The first-order valence-corrected chi connectivity index (χ1v) is 17.5. The Morgan fingerprint density at radius 2 is 1.64 bits per heavy atom. The number of hydrogen-bond acceptors (Lipinski definition) is 8. The van der Waals surface area contributed by atoms with Gasteiger partial charge < -0.3 is 38.3 Å². The molecule has 4 heterocycles. The molecule has 1 amide bonds. The highest BCUT2D eigenvalue weighted by atomic mass is 16.5. The molecule has 2 aliphatic heterocycles. The molecular weight excluding hydrogens is 630 g/mol. The molecule has 7 rings (SSSR count). The summed E-state index contributed by atoms with van der Waals surface area (Å²) in [6.07, 6.45) is 3.54. The van der Waals surface area contributed by atoms with Crippen molar-refractivity contribution in [3.8, 4) is 17.2 Å². The van der Waals surface area contributed by atoms with Gasteiger partial charge in [0.15, 0.2) is 11.5 Å². The van der Waals surface area contributed by atoms with Crippen molar-refractivity contribution in [1.82, 2.24) is 19.8 Å². The number of nitrogens with one attached hydrogen (secondary N) is 1. The molecule has 3 aromatic carbocycles. The first-order valence-electron chi connectivity index (χ1n) is 17.5. The Morgan fingerprint density at radius 1 is 0.920 bits per heavy atom. The predicted molar refractivity (Wildman–Crippen MR) is 194 cm³/mol. The number of anilines is 1. The van der Waals surface area contributed by atoms with Crippen LogP contribution in [-0.4, -0.2) is 79.2 Å². The van der Waals surface area contributed by atoms with Gasteiger partial charge in [-0.2, -0.15) is 0 Å². The number of piperidine rings is 1. The number of fused-ring (bicyclic) bond motifs is 1. The Kier molecular flexibility index (Phi) is 9.72. The van der Waals surface area contributed by atoms with E-state index >= 15 is 0 Å². The smallest absolute Gasteiger partial charge is 0.233 e. The number of rotatable bonds is 13. The summed E-state index contributed by atoms with van der Waals surface area (Å²) < 4.78 is 22.7. The van der Waals surface area contributed by atoms with Crippen molar-refractivity contribution < 1.29 is 23.4 Å². The molecule has 5 aromatic rings. The number of carbonyl (C=O) groups excluding carboxylic acids is 1. The molecule has 0 saturated carbocycles. The SMILES string of the molecule is COc1cc(CN2CCC(CCN3CCC(N(Cc4ccc(C)o4)c4nc5ccccc5[nH]4)CC3)(c3ccccc3)C2=O)cc(OC)c1OC. The van der Waals surface area contributed by atoms with Crippen LogP contribution in [0.4, 0.5) is 5.95 Å². The molecule has 50 heavy (non-hydrogen) atoms. The number of para-hydroxylation sites is 2. The summed E-state index contributed by atoms with van der Waals surface area (Å²) >= 11 is 0. The fourth-order valence-corrected chi connectivity index (χ4v) is 7.83. The normalized spacial score (nSPS) is 18.6. The molecule has 10 nitrogen and oxygen atoms in total. The molecule has 0 bridgehead atoms. The van der Waals surface area contributed by atoms with Gasteiger partial charge in [0, 0.05) is 32.2 Å². The number of amides is 1. The highest BCUT2D eigenvalue weighted by molar-refractivity contribution is 5.90. The van der Waals surface area contributed by atoms with Crippen molar-refractivity contribution in [2.24, 2.45) is 0 Å². The minimum absolute atomic E-state index is 0.178. The summed E-state index contributed by atoms with van der Waals surface area (Å²) in [6, 6.07) is 26.8. The Morgan fingerprint density at radius 3 is 2.30 bits per heavy atom. The molecule has 2 aliphatic rings. The van der Waals surface area contributed by atoms with Crippen molar-refractivity contribution in [3.63, 3.8) is 0 Å². The molecule has 0 aliphatic carbocycles. The molecule has 0 radical (unpaired) electrons. The maximum absolute atomic E-state index is 14.5. The van der Waals surface area contributed by atoms with E-state index in [4.69, 9.17) is 23.6 Å². The molecule has 1 unspecified atom stereocenters. The number of nitrogens with zero attached hydrogens (tertiary/aromatic N) is 4. The monoisotopic (exact) mass is 677 g/mol. The third-order valence-electron chi connectivity index (χ3n) is 10.6. The van der Waals surface area contributed by atoms with Crippen molar-refractivity contribution >= 4 is 22.9 Å². The lowest BCUT2D eigenvalue weighted by atomic mass is 9.76. The van der Waals surface area contributed by atoms with E-state index in [1.165, 1.54) is 0 Å². The average Bonchev–Trinajstić information content (AvgIpc) is 3.86. The van der Waals surface area contributed by atoms with Gasteiger partial charge in [-0.05, 0) is 86.7 Å². The van der Waals surface area contributed by atoms with Crippen LogP contribution >= 0.6 is 0 Å². The fraction of sp³-hybridized carbons (Fsp3) is 0.400. The van der Waals surface area contributed by atoms with E-state index < -0.39 is 5.41 Å². The second-order valence-electron chi connectivity index (χ2n) is 13.5. The van der Waals surface area contributed by atoms with Crippen LogP contribution in [0.3, 0.4) is 0 Å². The third-order valence-corrected chi connectivity index (χ3v) is 10.6. The predicted octanol–water partition coefficient (Wildman–Crippen LogP) is 6.72. The number of aryl methyl sites for hydroxylation is 1. The molecule has 2 saturated heterocycles. The average molecular weight is 678 g/mol. The van der Waals surface area contributed by atoms with E-state index in [9.17, 15) is 4.79 Å². The summed E-state index contributed by atoms with van der Waals surface area (Å²) in [6.45, 7) is 6.56. The summed E-state index contributed by atoms with van der Waals surface area (Å²) in [4.78, 5) is 29.9. The van der Waals surface area contributed by atoms with Gasteiger partial charge >= 0.3 is 0 Å². The summed E-state index contributed by atoms with van der Waals surface area (Å²) in [5.74, 6) is 4.63. The molecular formula is C40H47N5O5. The van der Waals surface area contributed by atoms with Crippen LogP contribution < -0.4 is 19.1 Å². The van der Waals surface area contributed by atoms with Gasteiger partial charge in [-0.3, -0.25) is 4.79 Å². The molecule has 2 fully saturated rings.